The molecule has 3 rings (SSSR count). The zero-order valence-corrected chi connectivity index (χ0v) is 15.6. The maximum absolute atomic E-state index is 12.3. The van der Waals surface area contributed by atoms with Crippen molar-refractivity contribution in [2.75, 3.05) is 23.3 Å². The van der Waals surface area contributed by atoms with Crippen LogP contribution in [0.2, 0.25) is 0 Å². The number of hydrogen-bond acceptors (Lipinski definition) is 4. The second kappa shape index (κ2) is 8.85. The normalized spacial score (nSPS) is 16.3. The summed E-state index contributed by atoms with van der Waals surface area (Å²) in [5.41, 5.74) is 0.948. The van der Waals surface area contributed by atoms with Gasteiger partial charge < -0.3 is 20.3 Å². The summed E-state index contributed by atoms with van der Waals surface area (Å²) >= 11 is 0. The highest BCUT2D eigenvalue weighted by molar-refractivity contribution is 6.01. The van der Waals surface area contributed by atoms with Gasteiger partial charge >= 0.3 is 6.36 Å². The first-order valence-corrected chi connectivity index (χ1v) is 9.00. The molecule has 0 bridgehead atoms. The van der Waals surface area contributed by atoms with Gasteiger partial charge in [-0.3, -0.25) is 14.4 Å². The van der Waals surface area contributed by atoms with Gasteiger partial charge in [0, 0.05) is 24.3 Å². The topological polar surface area (TPSA) is 87.7 Å². The lowest BCUT2D eigenvalue weighted by molar-refractivity contribution is -0.274. The molecule has 2 N–H and O–H groups in total. The van der Waals surface area contributed by atoms with Gasteiger partial charge in [-0.1, -0.05) is 18.2 Å². The molecule has 2 aromatic rings. The molecule has 1 unspecified atom stereocenters. The molecule has 1 aliphatic heterocycles. The van der Waals surface area contributed by atoms with Gasteiger partial charge in [-0.25, -0.2) is 0 Å². The number of ether oxygens (including phenoxy) is 1. The van der Waals surface area contributed by atoms with Crippen LogP contribution in [0.1, 0.15) is 6.42 Å². The van der Waals surface area contributed by atoms with Gasteiger partial charge in [0.25, 0.3) is 0 Å². The Morgan fingerprint density at radius 1 is 1.07 bits per heavy atom. The number of halogens is 3. The summed E-state index contributed by atoms with van der Waals surface area (Å²) in [6.45, 7) is -0.118. The Labute approximate surface area is 169 Å². The van der Waals surface area contributed by atoms with E-state index >= 15 is 0 Å². The summed E-state index contributed by atoms with van der Waals surface area (Å²) in [7, 11) is 0. The summed E-state index contributed by atoms with van der Waals surface area (Å²) in [5, 5.41) is 4.93. The van der Waals surface area contributed by atoms with Crippen molar-refractivity contribution < 1.29 is 32.3 Å². The van der Waals surface area contributed by atoms with E-state index in [-0.39, 0.29) is 31.1 Å². The van der Waals surface area contributed by atoms with E-state index in [1.54, 1.807) is 24.3 Å². The van der Waals surface area contributed by atoms with Crippen molar-refractivity contribution in [3.8, 4) is 5.75 Å². The maximum Gasteiger partial charge on any atom is 0.573 e. The van der Waals surface area contributed by atoms with Crippen molar-refractivity contribution in [1.82, 2.24) is 5.32 Å². The summed E-state index contributed by atoms with van der Waals surface area (Å²) in [4.78, 5) is 38.0. The van der Waals surface area contributed by atoms with Gasteiger partial charge in [0.1, 0.15) is 5.75 Å². The van der Waals surface area contributed by atoms with Crippen LogP contribution in [0.5, 0.6) is 5.75 Å². The zero-order chi connectivity index (χ0) is 21.7. The van der Waals surface area contributed by atoms with E-state index in [9.17, 15) is 27.6 Å². The van der Waals surface area contributed by atoms with E-state index in [1.165, 1.54) is 17.0 Å². The Balaban J connectivity index is 1.47. The van der Waals surface area contributed by atoms with E-state index in [0.29, 0.717) is 5.69 Å². The van der Waals surface area contributed by atoms with E-state index in [4.69, 9.17) is 0 Å². The van der Waals surface area contributed by atoms with Crippen LogP contribution >= 0.6 is 0 Å². The van der Waals surface area contributed by atoms with E-state index in [0.717, 1.165) is 12.1 Å². The van der Waals surface area contributed by atoms with Gasteiger partial charge in [0.05, 0.1) is 12.5 Å². The number of nitrogens with zero attached hydrogens (tertiary/aromatic N) is 1. The van der Waals surface area contributed by atoms with Crippen LogP contribution in [0.4, 0.5) is 24.5 Å². The van der Waals surface area contributed by atoms with Crippen LogP contribution in [-0.4, -0.2) is 37.2 Å². The summed E-state index contributed by atoms with van der Waals surface area (Å²) in [6.07, 6.45) is -4.75. The van der Waals surface area contributed by atoms with Crippen LogP contribution in [0.3, 0.4) is 0 Å². The van der Waals surface area contributed by atoms with Crippen molar-refractivity contribution in [2.24, 2.45) is 5.92 Å². The predicted molar refractivity (Wildman–Crippen MR) is 102 cm³/mol. The molecule has 1 atom stereocenters. The van der Waals surface area contributed by atoms with Gasteiger partial charge in [-0.2, -0.15) is 0 Å². The second-order valence-electron chi connectivity index (χ2n) is 6.58. The minimum atomic E-state index is -4.80. The molecule has 3 amide bonds. The molecule has 10 heteroatoms. The van der Waals surface area contributed by atoms with Crippen molar-refractivity contribution in [2.45, 2.75) is 12.8 Å². The maximum atomic E-state index is 12.3. The number of rotatable bonds is 6. The third kappa shape index (κ3) is 5.72. The fourth-order valence-corrected chi connectivity index (χ4v) is 3.00. The number of alkyl halides is 3. The average Bonchev–Trinajstić information content (AvgIpc) is 3.09. The van der Waals surface area contributed by atoms with Crippen LogP contribution in [0, 0.1) is 5.92 Å². The molecule has 1 heterocycles. The molecule has 0 aliphatic carbocycles. The van der Waals surface area contributed by atoms with Crippen LogP contribution < -0.4 is 20.3 Å². The molecule has 1 fully saturated rings. The Hall–Kier alpha value is -3.56. The number of para-hydroxylation sites is 1. The van der Waals surface area contributed by atoms with E-state index in [2.05, 4.69) is 15.4 Å². The van der Waals surface area contributed by atoms with Crippen molar-refractivity contribution >= 4 is 29.1 Å². The van der Waals surface area contributed by atoms with Gasteiger partial charge in [-0.15, -0.1) is 13.2 Å². The first-order chi connectivity index (χ1) is 14.2. The lowest BCUT2D eigenvalue weighted by Gasteiger charge is -2.16. The number of hydrogen-bond donors (Lipinski definition) is 2. The molecule has 2 aromatic carbocycles. The van der Waals surface area contributed by atoms with Crippen LogP contribution in [0.25, 0.3) is 0 Å². The standard InChI is InChI=1S/C20H18F3N3O4/c21-20(22,23)30-16-8-6-14(7-9-16)25-17(27)11-24-19(29)13-10-18(28)26(12-13)15-4-2-1-3-5-15/h1-9,13H,10-12H2,(H,24,29)(H,25,27). The van der Waals surface area contributed by atoms with E-state index in [1.807, 2.05) is 6.07 Å². The molecular formula is C20H18F3N3O4. The number of amides is 3. The molecule has 0 spiro atoms. The monoisotopic (exact) mass is 421 g/mol. The lowest BCUT2D eigenvalue weighted by Crippen LogP contribution is -2.37. The molecule has 1 saturated heterocycles. The second-order valence-corrected chi connectivity index (χ2v) is 6.58. The van der Waals surface area contributed by atoms with Crippen LogP contribution in [-0.2, 0) is 14.4 Å². The minimum absolute atomic E-state index is 0.0447. The Morgan fingerprint density at radius 3 is 2.37 bits per heavy atom. The fourth-order valence-electron chi connectivity index (χ4n) is 3.00. The molecule has 158 valence electrons. The van der Waals surface area contributed by atoms with Crippen molar-refractivity contribution in [1.29, 1.82) is 0 Å². The number of carbonyl (C=O) groups is 3. The first kappa shape index (κ1) is 21.2. The van der Waals surface area contributed by atoms with E-state index < -0.39 is 29.8 Å². The highest BCUT2D eigenvalue weighted by Crippen LogP contribution is 2.25. The number of carbonyl (C=O) groups excluding carboxylic acids is 3. The lowest BCUT2D eigenvalue weighted by atomic mass is 10.1. The van der Waals surface area contributed by atoms with Gasteiger partial charge in [-0.05, 0) is 36.4 Å². The Bertz CT molecular complexity index is 917. The Kier molecular flexibility index (Phi) is 6.24. The number of anilines is 2. The molecule has 7 nitrogen and oxygen atoms in total. The Morgan fingerprint density at radius 2 is 1.73 bits per heavy atom. The number of benzene rings is 2. The zero-order valence-electron chi connectivity index (χ0n) is 15.6. The molecule has 30 heavy (non-hydrogen) atoms. The summed E-state index contributed by atoms with van der Waals surface area (Å²) in [6, 6.07) is 13.6. The highest BCUT2D eigenvalue weighted by atomic mass is 19.4. The average molecular weight is 421 g/mol. The smallest absolute Gasteiger partial charge is 0.406 e. The molecule has 0 aromatic heterocycles. The van der Waals surface area contributed by atoms with Crippen molar-refractivity contribution in [3.05, 3.63) is 54.6 Å². The van der Waals surface area contributed by atoms with Crippen molar-refractivity contribution in [3.63, 3.8) is 0 Å². The highest BCUT2D eigenvalue weighted by Gasteiger charge is 2.35. The predicted octanol–water partition coefficient (Wildman–Crippen LogP) is 2.69. The molecule has 0 radical (unpaired) electrons. The van der Waals surface area contributed by atoms with Crippen LogP contribution in [0.15, 0.2) is 54.6 Å². The first-order valence-electron chi connectivity index (χ1n) is 9.00. The fraction of sp³-hybridized carbons (Fsp3) is 0.250. The quantitative estimate of drug-likeness (QED) is 0.751. The molecular weight excluding hydrogens is 403 g/mol. The van der Waals surface area contributed by atoms with Gasteiger partial charge in [0.2, 0.25) is 17.7 Å². The third-order valence-electron chi connectivity index (χ3n) is 4.36. The van der Waals surface area contributed by atoms with Gasteiger partial charge in [0.15, 0.2) is 0 Å². The molecule has 1 aliphatic rings. The SMILES string of the molecule is O=C(CNC(=O)C1CC(=O)N(c2ccccc2)C1)Nc1ccc(OC(F)(F)F)cc1. The number of nitrogens with one attached hydrogen (secondary N) is 2. The minimum Gasteiger partial charge on any atom is -0.406 e. The summed E-state index contributed by atoms with van der Waals surface area (Å²) < 4.78 is 40.2. The molecule has 0 saturated carbocycles. The third-order valence-corrected chi connectivity index (χ3v) is 4.36. The summed E-state index contributed by atoms with van der Waals surface area (Å²) in [5.74, 6) is -2.15. The largest absolute Gasteiger partial charge is 0.573 e.